The fraction of sp³-hybridized carbons (Fsp3) is 0.923. The first-order chi connectivity index (χ1) is 8.69. The first-order valence-electron chi connectivity index (χ1n) is 6.64. The summed E-state index contributed by atoms with van der Waals surface area (Å²) in [5.74, 6) is -3.17. The summed E-state index contributed by atoms with van der Waals surface area (Å²) in [4.78, 5) is 12.3. The third kappa shape index (κ3) is 1.86. The summed E-state index contributed by atoms with van der Waals surface area (Å²) >= 11 is 0. The Morgan fingerprint density at radius 1 is 1.00 bits per heavy atom. The van der Waals surface area contributed by atoms with Crippen molar-refractivity contribution in [2.75, 3.05) is 0 Å². The Bertz CT molecular complexity index is 417. The first-order valence-corrected chi connectivity index (χ1v) is 6.64. The molecule has 3 aliphatic rings. The van der Waals surface area contributed by atoms with Gasteiger partial charge in [-0.3, -0.25) is 4.79 Å². The third-order valence-electron chi connectivity index (χ3n) is 3.57. The molecule has 3 fully saturated rings. The van der Waals surface area contributed by atoms with Gasteiger partial charge in [-0.2, -0.15) is 0 Å². The lowest BCUT2D eigenvalue weighted by molar-refractivity contribution is -0.291. The Kier molecular flexibility index (Phi) is 2.67. The molecule has 0 aliphatic carbocycles. The van der Waals surface area contributed by atoms with Gasteiger partial charge in [0.2, 0.25) is 0 Å². The van der Waals surface area contributed by atoms with Crippen LogP contribution in [0.1, 0.15) is 41.0 Å². The monoisotopic (exact) mass is 272 g/mol. The van der Waals surface area contributed by atoms with Crippen molar-refractivity contribution >= 4 is 5.78 Å². The van der Waals surface area contributed by atoms with E-state index < -0.39 is 35.9 Å². The van der Waals surface area contributed by atoms with Crippen molar-refractivity contribution in [1.82, 2.24) is 0 Å². The van der Waals surface area contributed by atoms with Crippen molar-refractivity contribution in [2.24, 2.45) is 0 Å². The van der Waals surface area contributed by atoms with Gasteiger partial charge in [-0.1, -0.05) is 6.92 Å². The summed E-state index contributed by atoms with van der Waals surface area (Å²) < 4.78 is 28.8. The Morgan fingerprint density at radius 3 is 2.32 bits per heavy atom. The predicted molar refractivity (Wildman–Crippen MR) is 63.0 cm³/mol. The molecule has 3 rings (SSSR count). The first kappa shape index (κ1) is 13.5. The van der Waals surface area contributed by atoms with E-state index in [1.807, 2.05) is 0 Å². The van der Waals surface area contributed by atoms with Crippen LogP contribution in [0.3, 0.4) is 0 Å². The van der Waals surface area contributed by atoms with Crippen molar-refractivity contribution in [2.45, 2.75) is 76.9 Å². The van der Waals surface area contributed by atoms with E-state index in [9.17, 15) is 4.79 Å². The SMILES string of the molecule is CCC(=O)[C@]12O[C@H]3OC(C)(C)O[C@@H]3[C@H]1OC(C)(C)O2. The van der Waals surface area contributed by atoms with E-state index in [1.165, 1.54) is 0 Å². The number of hydrogen-bond donors (Lipinski definition) is 0. The highest BCUT2D eigenvalue weighted by molar-refractivity contribution is 5.87. The standard InChI is InChI=1S/C13H20O6/c1-6-7(14)13-9(16-12(4,5)19-13)8-10(18-13)17-11(2,3)15-8/h8-10H,6H2,1-5H3/t8-,9-,10-,13-/m1/s1. The highest BCUT2D eigenvalue weighted by Gasteiger charge is 2.71. The van der Waals surface area contributed by atoms with E-state index in [-0.39, 0.29) is 5.78 Å². The average molecular weight is 272 g/mol. The average Bonchev–Trinajstić information content (AvgIpc) is 2.79. The zero-order valence-electron chi connectivity index (χ0n) is 11.9. The minimum Gasteiger partial charge on any atom is -0.339 e. The van der Waals surface area contributed by atoms with E-state index in [4.69, 9.17) is 23.7 Å². The number of carbonyl (C=O) groups is 1. The topological polar surface area (TPSA) is 63.2 Å². The molecule has 0 aromatic heterocycles. The van der Waals surface area contributed by atoms with E-state index >= 15 is 0 Å². The maximum Gasteiger partial charge on any atom is 0.263 e. The van der Waals surface area contributed by atoms with E-state index in [1.54, 1.807) is 34.6 Å². The van der Waals surface area contributed by atoms with Crippen molar-refractivity contribution in [1.29, 1.82) is 0 Å². The molecule has 4 atom stereocenters. The summed E-state index contributed by atoms with van der Waals surface area (Å²) in [7, 11) is 0. The number of carbonyl (C=O) groups excluding carboxylic acids is 1. The van der Waals surface area contributed by atoms with Crippen LogP contribution in [0.25, 0.3) is 0 Å². The van der Waals surface area contributed by atoms with Gasteiger partial charge >= 0.3 is 0 Å². The molecular formula is C13H20O6. The van der Waals surface area contributed by atoms with Crippen molar-refractivity contribution in [3.8, 4) is 0 Å². The number of fused-ring (bicyclic) bond motifs is 3. The van der Waals surface area contributed by atoms with E-state index in [0.717, 1.165) is 0 Å². The zero-order valence-corrected chi connectivity index (χ0v) is 11.9. The molecule has 0 amide bonds. The summed E-state index contributed by atoms with van der Waals surface area (Å²) in [5.41, 5.74) is 0. The highest BCUT2D eigenvalue weighted by Crippen LogP contribution is 2.51. The van der Waals surface area contributed by atoms with Crippen molar-refractivity contribution in [3.05, 3.63) is 0 Å². The maximum absolute atomic E-state index is 12.3. The van der Waals surface area contributed by atoms with Gasteiger partial charge in [0.25, 0.3) is 5.79 Å². The molecule has 0 aromatic carbocycles. The molecule has 3 heterocycles. The van der Waals surface area contributed by atoms with Crippen LogP contribution in [-0.4, -0.2) is 41.6 Å². The molecule has 0 saturated carbocycles. The number of Topliss-reactive ketones (excluding diaryl/α,β-unsaturated/α-hetero) is 1. The second-order valence-corrected chi connectivity index (χ2v) is 6.07. The summed E-state index contributed by atoms with van der Waals surface area (Å²) in [5, 5.41) is 0. The lowest BCUT2D eigenvalue weighted by Crippen LogP contribution is -2.49. The Balaban J connectivity index is 1.94. The minimum atomic E-state index is -1.40. The zero-order chi connectivity index (χ0) is 14.1. The fourth-order valence-electron chi connectivity index (χ4n) is 2.96. The molecule has 3 aliphatic heterocycles. The molecule has 19 heavy (non-hydrogen) atoms. The molecule has 0 N–H and O–H groups in total. The van der Waals surface area contributed by atoms with Gasteiger partial charge in [-0.05, 0) is 27.7 Å². The van der Waals surface area contributed by atoms with Gasteiger partial charge in [0.05, 0.1) is 0 Å². The largest absolute Gasteiger partial charge is 0.339 e. The molecule has 0 spiro atoms. The molecule has 0 radical (unpaired) electrons. The van der Waals surface area contributed by atoms with Gasteiger partial charge in [-0.25, -0.2) is 0 Å². The molecule has 6 heteroatoms. The molecule has 0 aromatic rings. The second-order valence-electron chi connectivity index (χ2n) is 6.07. The molecular weight excluding hydrogens is 252 g/mol. The predicted octanol–water partition coefficient (Wildman–Crippen LogP) is 1.32. The number of rotatable bonds is 2. The molecule has 108 valence electrons. The van der Waals surface area contributed by atoms with Crippen LogP contribution in [0.5, 0.6) is 0 Å². The smallest absolute Gasteiger partial charge is 0.263 e. The second kappa shape index (κ2) is 3.77. The molecule has 6 nitrogen and oxygen atoms in total. The maximum atomic E-state index is 12.3. The van der Waals surface area contributed by atoms with Crippen LogP contribution in [-0.2, 0) is 28.5 Å². The van der Waals surface area contributed by atoms with Gasteiger partial charge in [0, 0.05) is 6.42 Å². The summed E-state index contributed by atoms with van der Waals surface area (Å²) in [6, 6.07) is 0. The number of hydrogen-bond acceptors (Lipinski definition) is 6. The van der Waals surface area contributed by atoms with Crippen LogP contribution in [0.2, 0.25) is 0 Å². The van der Waals surface area contributed by atoms with Gasteiger partial charge in [-0.15, -0.1) is 0 Å². The normalized spacial score (nSPS) is 46.1. The molecule has 3 saturated heterocycles. The van der Waals surface area contributed by atoms with Crippen LogP contribution >= 0.6 is 0 Å². The lowest BCUT2D eigenvalue weighted by Gasteiger charge is -2.28. The Labute approximate surface area is 112 Å². The van der Waals surface area contributed by atoms with E-state index in [2.05, 4.69) is 0 Å². The van der Waals surface area contributed by atoms with Gasteiger partial charge in [0.15, 0.2) is 29.8 Å². The van der Waals surface area contributed by atoms with Crippen LogP contribution in [0.15, 0.2) is 0 Å². The minimum absolute atomic E-state index is 0.150. The molecule has 0 unspecified atom stereocenters. The van der Waals surface area contributed by atoms with Crippen LogP contribution in [0, 0.1) is 0 Å². The van der Waals surface area contributed by atoms with Gasteiger partial charge < -0.3 is 23.7 Å². The van der Waals surface area contributed by atoms with Crippen molar-refractivity contribution in [3.63, 3.8) is 0 Å². The van der Waals surface area contributed by atoms with E-state index in [0.29, 0.717) is 6.42 Å². The van der Waals surface area contributed by atoms with Crippen LogP contribution in [0.4, 0.5) is 0 Å². The number of ether oxygens (including phenoxy) is 5. The summed E-state index contributed by atoms with van der Waals surface area (Å²) in [6.45, 7) is 8.90. The van der Waals surface area contributed by atoms with Crippen LogP contribution < -0.4 is 0 Å². The third-order valence-corrected chi connectivity index (χ3v) is 3.57. The Morgan fingerprint density at radius 2 is 1.68 bits per heavy atom. The fourth-order valence-corrected chi connectivity index (χ4v) is 2.96. The highest BCUT2D eigenvalue weighted by atomic mass is 16.9. The van der Waals surface area contributed by atoms with Gasteiger partial charge in [0.1, 0.15) is 6.10 Å². The molecule has 0 bridgehead atoms. The number of ketones is 1. The van der Waals surface area contributed by atoms with Crippen molar-refractivity contribution < 1.29 is 28.5 Å². The lowest BCUT2D eigenvalue weighted by atomic mass is 10.0. The quantitative estimate of drug-likeness (QED) is 0.755. The Hall–Kier alpha value is -0.530. The summed E-state index contributed by atoms with van der Waals surface area (Å²) in [6.07, 6.45) is -1.38.